The van der Waals surface area contributed by atoms with Crippen LogP contribution >= 0.6 is 0 Å². The Morgan fingerprint density at radius 2 is 1.75 bits per heavy atom. The molecule has 1 aliphatic carbocycles. The zero-order chi connectivity index (χ0) is 22.7. The average molecular weight is 443 g/mol. The Hall–Kier alpha value is -3.36. The summed E-state index contributed by atoms with van der Waals surface area (Å²) in [4.78, 5) is 20.2. The lowest BCUT2D eigenvalue weighted by molar-refractivity contribution is -0.141. The van der Waals surface area contributed by atoms with Crippen molar-refractivity contribution < 1.29 is 18.0 Å². The number of rotatable bonds is 5. The van der Waals surface area contributed by atoms with E-state index in [1.807, 2.05) is 22.9 Å². The van der Waals surface area contributed by atoms with Gasteiger partial charge in [-0.3, -0.25) is 4.79 Å². The van der Waals surface area contributed by atoms with Gasteiger partial charge in [-0.1, -0.05) is 0 Å². The fourth-order valence-corrected chi connectivity index (χ4v) is 3.98. The molecule has 1 amide bonds. The van der Waals surface area contributed by atoms with Gasteiger partial charge in [0, 0.05) is 47.1 Å². The molecule has 2 aromatic heterocycles. The molecule has 1 aromatic carbocycles. The van der Waals surface area contributed by atoms with Crippen LogP contribution in [0.4, 0.5) is 18.9 Å². The number of nitrogens with one attached hydrogen (secondary N) is 2. The highest BCUT2D eigenvalue weighted by molar-refractivity contribution is 5.94. The Morgan fingerprint density at radius 3 is 2.38 bits per heavy atom. The number of hydrogen-bond donors (Lipinski definition) is 2. The van der Waals surface area contributed by atoms with Gasteiger partial charge in [-0.25, -0.2) is 9.97 Å². The van der Waals surface area contributed by atoms with Crippen molar-refractivity contribution in [3.05, 3.63) is 72.1 Å². The van der Waals surface area contributed by atoms with Gasteiger partial charge in [0.2, 0.25) is 0 Å². The molecule has 0 bridgehead atoms. The molecular weight excluding hydrogens is 419 g/mol. The number of nitrogens with zero attached hydrogens (tertiary/aromatic N) is 3. The molecule has 6 nitrogen and oxygen atoms in total. The van der Waals surface area contributed by atoms with Gasteiger partial charge in [0.1, 0.15) is 5.69 Å². The Labute approximate surface area is 183 Å². The highest BCUT2D eigenvalue weighted by atomic mass is 19.4. The van der Waals surface area contributed by atoms with E-state index in [-0.39, 0.29) is 18.0 Å². The number of hydrogen-bond acceptors (Lipinski definition) is 4. The number of carbonyl (C=O) groups is 1. The normalized spacial score (nSPS) is 18.9. The fourth-order valence-electron chi connectivity index (χ4n) is 3.98. The number of pyridine rings is 1. The predicted octanol–water partition coefficient (Wildman–Crippen LogP) is 4.75. The van der Waals surface area contributed by atoms with E-state index in [1.54, 1.807) is 37.6 Å². The molecule has 1 aliphatic rings. The van der Waals surface area contributed by atoms with Gasteiger partial charge in [-0.05, 0) is 69.0 Å². The molecule has 1 fully saturated rings. The van der Waals surface area contributed by atoms with E-state index < -0.39 is 11.9 Å². The second-order valence-electron chi connectivity index (χ2n) is 8.06. The minimum atomic E-state index is -4.47. The molecule has 0 atom stereocenters. The van der Waals surface area contributed by atoms with Gasteiger partial charge in [0.25, 0.3) is 5.91 Å². The zero-order valence-electron chi connectivity index (χ0n) is 17.6. The number of carbonyl (C=O) groups excluding carboxylic acids is 1. The topological polar surface area (TPSA) is 71.8 Å². The van der Waals surface area contributed by atoms with E-state index in [4.69, 9.17) is 0 Å². The van der Waals surface area contributed by atoms with Crippen molar-refractivity contribution in [3.63, 3.8) is 0 Å². The van der Waals surface area contributed by atoms with Crippen LogP contribution < -0.4 is 10.6 Å². The molecule has 9 heteroatoms. The van der Waals surface area contributed by atoms with Crippen LogP contribution in [0.3, 0.4) is 0 Å². The standard InChI is InChI=1S/C23H24F3N5O/c1-15-12-19(13-21(28-15)23(24,25)26)29-17-4-6-18(7-5-17)30-22(32)16-2-8-20(9-3-16)31-11-10-27-14-31/h2-3,8-14,17-18H,4-7H2,1H3,(H,28,29)(H,30,32). The summed E-state index contributed by atoms with van der Waals surface area (Å²) in [5, 5.41) is 6.27. The number of benzene rings is 1. The van der Waals surface area contributed by atoms with E-state index in [0.29, 0.717) is 16.9 Å². The molecule has 2 N–H and O–H groups in total. The fraction of sp³-hybridized carbons (Fsp3) is 0.348. The first kappa shape index (κ1) is 21.9. The maximum absolute atomic E-state index is 13.0. The number of imidazole rings is 1. The van der Waals surface area contributed by atoms with Crippen LogP contribution in [0.25, 0.3) is 5.69 Å². The number of alkyl halides is 3. The highest BCUT2D eigenvalue weighted by Gasteiger charge is 2.33. The third-order valence-electron chi connectivity index (χ3n) is 5.61. The van der Waals surface area contributed by atoms with Gasteiger partial charge in [0.05, 0.1) is 6.33 Å². The van der Waals surface area contributed by atoms with Crippen LogP contribution in [0.15, 0.2) is 55.1 Å². The van der Waals surface area contributed by atoms with Crippen LogP contribution in [0.2, 0.25) is 0 Å². The Morgan fingerprint density at radius 1 is 1.06 bits per heavy atom. The summed E-state index contributed by atoms with van der Waals surface area (Å²) in [6, 6.07) is 10.1. The van der Waals surface area contributed by atoms with E-state index in [9.17, 15) is 18.0 Å². The van der Waals surface area contributed by atoms with Gasteiger partial charge in [0.15, 0.2) is 0 Å². The minimum absolute atomic E-state index is 0.0405. The smallest absolute Gasteiger partial charge is 0.382 e. The summed E-state index contributed by atoms with van der Waals surface area (Å²) in [6.07, 6.45) is 3.77. The number of halogens is 3. The Balaban J connectivity index is 1.29. The molecule has 1 saturated carbocycles. The van der Waals surface area contributed by atoms with Gasteiger partial charge < -0.3 is 15.2 Å². The van der Waals surface area contributed by atoms with Crippen molar-refractivity contribution in [2.75, 3.05) is 5.32 Å². The van der Waals surface area contributed by atoms with Crippen LogP contribution in [0.1, 0.15) is 47.4 Å². The number of aryl methyl sites for hydroxylation is 1. The molecule has 2 heterocycles. The molecular formula is C23H24F3N5O. The predicted molar refractivity (Wildman–Crippen MR) is 115 cm³/mol. The van der Waals surface area contributed by atoms with Crippen molar-refractivity contribution in [3.8, 4) is 5.69 Å². The number of amides is 1. The molecule has 0 spiro atoms. The summed E-state index contributed by atoms with van der Waals surface area (Å²) in [7, 11) is 0. The third-order valence-corrected chi connectivity index (χ3v) is 5.61. The molecule has 168 valence electrons. The summed E-state index contributed by atoms with van der Waals surface area (Å²) >= 11 is 0. The number of anilines is 1. The minimum Gasteiger partial charge on any atom is -0.382 e. The van der Waals surface area contributed by atoms with Crippen LogP contribution in [0, 0.1) is 6.92 Å². The second-order valence-corrected chi connectivity index (χ2v) is 8.06. The lowest BCUT2D eigenvalue weighted by atomic mass is 9.90. The maximum atomic E-state index is 13.0. The molecule has 3 aromatic rings. The third kappa shape index (κ3) is 5.27. The quantitative estimate of drug-likeness (QED) is 0.597. The maximum Gasteiger partial charge on any atom is 0.433 e. The molecule has 0 aliphatic heterocycles. The highest BCUT2D eigenvalue weighted by Crippen LogP contribution is 2.31. The van der Waals surface area contributed by atoms with Gasteiger partial charge in [-0.15, -0.1) is 0 Å². The van der Waals surface area contributed by atoms with Gasteiger partial charge >= 0.3 is 6.18 Å². The van der Waals surface area contributed by atoms with Crippen molar-refractivity contribution in [1.29, 1.82) is 0 Å². The first-order chi connectivity index (χ1) is 15.3. The summed E-state index contributed by atoms with van der Waals surface area (Å²) in [6.45, 7) is 1.55. The lowest BCUT2D eigenvalue weighted by Crippen LogP contribution is -2.40. The molecule has 0 unspecified atom stereocenters. The average Bonchev–Trinajstić information content (AvgIpc) is 3.29. The van der Waals surface area contributed by atoms with E-state index in [1.165, 1.54) is 0 Å². The molecule has 32 heavy (non-hydrogen) atoms. The van der Waals surface area contributed by atoms with Crippen LogP contribution in [-0.2, 0) is 6.18 Å². The van der Waals surface area contributed by atoms with Crippen molar-refractivity contribution in [1.82, 2.24) is 19.9 Å². The van der Waals surface area contributed by atoms with Gasteiger partial charge in [-0.2, -0.15) is 13.2 Å². The van der Waals surface area contributed by atoms with Crippen LogP contribution in [0.5, 0.6) is 0 Å². The monoisotopic (exact) mass is 443 g/mol. The second kappa shape index (κ2) is 9.02. The summed E-state index contributed by atoms with van der Waals surface area (Å²) in [5.74, 6) is -0.127. The summed E-state index contributed by atoms with van der Waals surface area (Å²) in [5.41, 5.74) is 1.37. The first-order valence-electron chi connectivity index (χ1n) is 10.5. The van der Waals surface area contributed by atoms with Crippen molar-refractivity contribution in [2.45, 2.75) is 50.9 Å². The Bertz CT molecular complexity index is 1060. The van der Waals surface area contributed by atoms with E-state index in [0.717, 1.165) is 37.4 Å². The van der Waals surface area contributed by atoms with Crippen LogP contribution in [-0.4, -0.2) is 32.5 Å². The Kier molecular flexibility index (Phi) is 6.16. The summed E-state index contributed by atoms with van der Waals surface area (Å²) < 4.78 is 40.9. The largest absolute Gasteiger partial charge is 0.433 e. The lowest BCUT2D eigenvalue weighted by Gasteiger charge is -2.30. The molecule has 4 rings (SSSR count). The van der Waals surface area contributed by atoms with Crippen molar-refractivity contribution in [2.24, 2.45) is 0 Å². The van der Waals surface area contributed by atoms with Crippen molar-refractivity contribution >= 4 is 11.6 Å². The van der Waals surface area contributed by atoms with E-state index in [2.05, 4.69) is 20.6 Å². The first-order valence-corrected chi connectivity index (χ1v) is 10.5. The SMILES string of the molecule is Cc1cc(NC2CCC(NC(=O)c3ccc(-n4ccnc4)cc3)CC2)cc(C(F)(F)F)n1. The number of aromatic nitrogens is 3. The van der Waals surface area contributed by atoms with E-state index >= 15 is 0 Å². The molecule has 0 radical (unpaired) electrons. The zero-order valence-corrected chi connectivity index (χ0v) is 17.6. The molecule has 0 saturated heterocycles.